The van der Waals surface area contributed by atoms with Crippen LogP contribution in [-0.4, -0.2) is 13.2 Å². The van der Waals surface area contributed by atoms with Gasteiger partial charge in [0.05, 0.1) is 0 Å². The molecule has 0 radical (unpaired) electrons. The van der Waals surface area contributed by atoms with Crippen molar-refractivity contribution in [3.8, 4) is 0 Å². The lowest BCUT2D eigenvalue weighted by Gasteiger charge is -1.86. The van der Waals surface area contributed by atoms with Gasteiger partial charge in [-0.15, -0.1) is 0 Å². The highest BCUT2D eigenvalue weighted by Crippen LogP contribution is 1.64. The first-order chi connectivity index (χ1) is 3.83. The first-order valence-corrected chi connectivity index (χ1v) is 2.39. The van der Waals surface area contributed by atoms with Crippen molar-refractivity contribution in [1.29, 1.82) is 0 Å². The predicted octanol–water partition coefficient (Wildman–Crippen LogP) is 1.91. The van der Waals surface area contributed by atoms with E-state index < -0.39 is 0 Å². The van der Waals surface area contributed by atoms with Crippen LogP contribution in [0.15, 0.2) is 0 Å². The number of hydrogen-bond acceptors (Lipinski definition) is 1. The Hall–Kier alpha value is -0.730. The van der Waals surface area contributed by atoms with E-state index >= 15 is 0 Å². The Bertz CT molecular complexity index is 56.3. The highest BCUT2D eigenvalue weighted by atomic mass is 16.5. The number of ether oxygens (including phenoxy) is 1. The van der Waals surface area contributed by atoms with E-state index in [1.54, 1.807) is 0 Å². The van der Waals surface area contributed by atoms with E-state index in [9.17, 15) is 0 Å². The van der Waals surface area contributed by atoms with Crippen molar-refractivity contribution >= 4 is 0 Å². The summed E-state index contributed by atoms with van der Waals surface area (Å²) in [5.74, 6) is 0. The molecule has 0 aromatic heterocycles. The predicted molar refractivity (Wildman–Crippen MR) is 32.2 cm³/mol. The van der Waals surface area contributed by atoms with Crippen LogP contribution < -0.4 is 0 Å². The van der Waals surface area contributed by atoms with E-state index in [-0.39, 0.29) is 0 Å². The van der Waals surface area contributed by atoms with Gasteiger partial charge < -0.3 is 15.8 Å². The largest absolute Gasteiger partial charge is 0.382 e. The zero-order valence-corrected chi connectivity index (χ0v) is 5.16. The van der Waals surface area contributed by atoms with Gasteiger partial charge in [-0.25, -0.2) is 0 Å². The van der Waals surface area contributed by atoms with Gasteiger partial charge in [-0.05, 0) is 13.8 Å². The van der Waals surface area contributed by atoms with Gasteiger partial charge in [-0.1, -0.05) is 0 Å². The number of rotatable bonds is 2. The fourth-order valence-corrected chi connectivity index (χ4v) is 0.204. The van der Waals surface area contributed by atoms with Gasteiger partial charge in [0.2, 0.25) is 0 Å². The molecule has 0 spiro atoms. The van der Waals surface area contributed by atoms with Crippen molar-refractivity contribution in [2.24, 2.45) is 0 Å². The van der Waals surface area contributed by atoms with Crippen molar-refractivity contribution < 1.29 is 4.74 Å². The monoisotopic (exact) mass is 116 g/mol. The Labute approximate surface area is 48.9 Å². The molecule has 0 unspecified atom stereocenters. The van der Waals surface area contributed by atoms with Crippen LogP contribution in [0.5, 0.6) is 0 Å². The van der Waals surface area contributed by atoms with Gasteiger partial charge >= 0.3 is 0 Å². The summed E-state index contributed by atoms with van der Waals surface area (Å²) in [5, 5.41) is 0. The molecule has 0 N–H and O–H groups in total. The van der Waals surface area contributed by atoms with Crippen LogP contribution >= 0.6 is 0 Å². The van der Waals surface area contributed by atoms with Crippen LogP contribution in [0.4, 0.5) is 0 Å². The van der Waals surface area contributed by atoms with Gasteiger partial charge in [0.15, 0.2) is 0 Å². The molecule has 0 amide bonds. The minimum absolute atomic E-state index is 0.844. The minimum Gasteiger partial charge on any atom is -0.382 e. The Morgan fingerprint density at radius 3 is 1.50 bits per heavy atom. The Kier molecular flexibility index (Phi) is 20.9. The van der Waals surface area contributed by atoms with Gasteiger partial charge in [-0.3, -0.25) is 4.91 Å². The Morgan fingerprint density at radius 1 is 1.25 bits per heavy atom. The van der Waals surface area contributed by atoms with Crippen LogP contribution in [0.3, 0.4) is 0 Å². The maximum Gasteiger partial charge on any atom is 0.0437 e. The highest BCUT2D eigenvalue weighted by molar-refractivity contribution is 4.36. The molecule has 0 aliphatic carbocycles. The molecule has 0 aliphatic rings. The summed E-state index contributed by atoms with van der Waals surface area (Å²) in [7, 11) is 0. The fraction of sp³-hybridized carbons (Fsp3) is 1.00. The Morgan fingerprint density at radius 2 is 1.50 bits per heavy atom. The summed E-state index contributed by atoms with van der Waals surface area (Å²) in [4.78, 5) is 1.50. The van der Waals surface area contributed by atoms with Crippen molar-refractivity contribution in [2.75, 3.05) is 13.2 Å². The van der Waals surface area contributed by atoms with Gasteiger partial charge in [-0.2, -0.15) is 0 Å². The molecule has 0 aromatic carbocycles. The molecular formula is C4H10N3O-. The van der Waals surface area contributed by atoms with E-state index in [4.69, 9.17) is 15.8 Å². The first-order valence-electron chi connectivity index (χ1n) is 2.39. The van der Waals surface area contributed by atoms with E-state index in [1.807, 2.05) is 13.8 Å². The van der Waals surface area contributed by atoms with Crippen LogP contribution in [0.1, 0.15) is 13.8 Å². The number of nitrogens with zero attached hydrogens (tertiary/aromatic N) is 3. The molecule has 0 heterocycles. The Balaban J connectivity index is 0. The highest BCUT2D eigenvalue weighted by Gasteiger charge is 1.64. The average Bonchev–Trinajstić information content (AvgIpc) is 1.71. The van der Waals surface area contributed by atoms with Crippen LogP contribution in [0, 0.1) is 0 Å². The first kappa shape index (κ1) is 10.3. The number of hydrogen-bond donors (Lipinski definition) is 0. The van der Waals surface area contributed by atoms with E-state index in [0.717, 1.165) is 13.2 Å². The van der Waals surface area contributed by atoms with Crippen molar-refractivity contribution in [3.63, 3.8) is 0 Å². The standard InChI is InChI=1S/C4H10O.N3/c1-3-5-4-2;1-3-2/h3-4H2,1-2H3;/q;-1. The fourth-order valence-electron chi connectivity index (χ4n) is 0.204. The molecule has 0 fully saturated rings. The summed E-state index contributed by atoms with van der Waals surface area (Å²) >= 11 is 0. The summed E-state index contributed by atoms with van der Waals surface area (Å²) in [6.45, 7) is 5.67. The molecule has 0 saturated carbocycles. The third-order valence-electron chi connectivity index (χ3n) is 0.408. The zero-order chi connectivity index (χ0) is 6.83. The van der Waals surface area contributed by atoms with Gasteiger partial charge in [0.1, 0.15) is 0 Å². The molecule has 0 saturated heterocycles. The lowest BCUT2D eigenvalue weighted by Crippen LogP contribution is -1.84. The van der Waals surface area contributed by atoms with E-state index in [0.29, 0.717) is 0 Å². The van der Waals surface area contributed by atoms with Crippen molar-refractivity contribution in [1.82, 2.24) is 0 Å². The summed E-state index contributed by atoms with van der Waals surface area (Å²) in [6.07, 6.45) is 0. The molecule has 0 rings (SSSR count). The van der Waals surface area contributed by atoms with Crippen molar-refractivity contribution in [3.05, 3.63) is 16.0 Å². The summed E-state index contributed by atoms with van der Waals surface area (Å²) < 4.78 is 4.83. The molecule has 0 aliphatic heterocycles. The maximum atomic E-state index is 6.75. The second-order valence-corrected chi connectivity index (χ2v) is 0.871. The summed E-state index contributed by atoms with van der Waals surface area (Å²) in [5.41, 5.74) is 13.5. The zero-order valence-electron chi connectivity index (χ0n) is 5.16. The molecule has 0 aromatic rings. The molecular weight excluding hydrogens is 106 g/mol. The van der Waals surface area contributed by atoms with E-state index in [2.05, 4.69) is 0 Å². The second kappa shape index (κ2) is 16.3. The lowest BCUT2D eigenvalue weighted by atomic mass is 10.8. The molecule has 8 heavy (non-hydrogen) atoms. The van der Waals surface area contributed by atoms with Crippen LogP contribution in [0.2, 0.25) is 0 Å². The topological polar surface area (TPSA) is 67.9 Å². The molecule has 4 heteroatoms. The molecule has 4 nitrogen and oxygen atoms in total. The SMILES string of the molecule is CCOCC.[N-]=[N+]=[N-]. The smallest absolute Gasteiger partial charge is 0.0437 e. The molecule has 0 atom stereocenters. The van der Waals surface area contributed by atoms with Crippen LogP contribution in [-0.2, 0) is 4.74 Å². The summed E-state index contributed by atoms with van der Waals surface area (Å²) in [6, 6.07) is 0. The average molecular weight is 116 g/mol. The minimum atomic E-state index is 0.844. The second-order valence-electron chi connectivity index (χ2n) is 0.871. The van der Waals surface area contributed by atoms with Crippen molar-refractivity contribution in [2.45, 2.75) is 13.8 Å². The normalized spacial score (nSPS) is 6.25. The third-order valence-corrected chi connectivity index (χ3v) is 0.408. The quantitative estimate of drug-likeness (QED) is 0.308. The lowest BCUT2D eigenvalue weighted by molar-refractivity contribution is 0.162. The molecule has 0 bridgehead atoms. The van der Waals surface area contributed by atoms with E-state index in [1.165, 1.54) is 4.91 Å². The maximum absolute atomic E-state index is 6.75. The van der Waals surface area contributed by atoms with Gasteiger partial charge in [0.25, 0.3) is 0 Å². The van der Waals surface area contributed by atoms with Crippen LogP contribution in [0.25, 0.3) is 16.0 Å². The van der Waals surface area contributed by atoms with Gasteiger partial charge in [0, 0.05) is 13.2 Å². The molecule has 48 valence electrons. The third kappa shape index (κ3) is 59.6.